The zero-order valence-corrected chi connectivity index (χ0v) is 8.19. The molecule has 0 aliphatic rings. The molecule has 0 amide bonds. The fourth-order valence-corrected chi connectivity index (χ4v) is 1.43. The Balaban J connectivity index is 2.45. The average molecular weight is 189 g/mol. The van der Waals surface area contributed by atoms with Gasteiger partial charge in [0, 0.05) is 25.0 Å². The Morgan fingerprint density at radius 1 is 1.50 bits per heavy atom. The first-order valence-electron chi connectivity index (χ1n) is 4.45. The summed E-state index contributed by atoms with van der Waals surface area (Å²) in [6.45, 7) is 3.49. The van der Waals surface area contributed by atoms with Crippen molar-refractivity contribution in [2.45, 2.75) is 20.3 Å². The second kappa shape index (κ2) is 3.21. The highest BCUT2D eigenvalue weighted by atomic mass is 16.1. The van der Waals surface area contributed by atoms with Crippen LogP contribution in [0.4, 0.5) is 0 Å². The molecule has 0 aromatic carbocycles. The van der Waals surface area contributed by atoms with Gasteiger partial charge < -0.3 is 0 Å². The summed E-state index contributed by atoms with van der Waals surface area (Å²) < 4.78 is 1.84. The second-order valence-electron chi connectivity index (χ2n) is 3.43. The molecule has 0 aliphatic heterocycles. The third-order valence-corrected chi connectivity index (χ3v) is 1.94. The summed E-state index contributed by atoms with van der Waals surface area (Å²) in [7, 11) is 0. The molecule has 0 aliphatic carbocycles. The summed E-state index contributed by atoms with van der Waals surface area (Å²) in [6, 6.07) is 0. The monoisotopic (exact) mass is 189 g/mol. The van der Waals surface area contributed by atoms with E-state index in [0.29, 0.717) is 12.2 Å². The summed E-state index contributed by atoms with van der Waals surface area (Å²) in [5, 5.41) is 0. The SMILES string of the molecule is CC(=O)Cc1cnc2nc(C)cn2c1. The number of nitrogens with zero attached hydrogens (tertiary/aromatic N) is 3. The normalized spacial score (nSPS) is 10.7. The Hall–Kier alpha value is -1.71. The molecule has 4 heteroatoms. The van der Waals surface area contributed by atoms with E-state index >= 15 is 0 Å². The van der Waals surface area contributed by atoms with E-state index in [1.54, 1.807) is 13.1 Å². The molecule has 14 heavy (non-hydrogen) atoms. The minimum Gasteiger partial charge on any atom is -0.300 e. The Morgan fingerprint density at radius 2 is 2.29 bits per heavy atom. The van der Waals surface area contributed by atoms with Gasteiger partial charge in [-0.25, -0.2) is 9.97 Å². The van der Waals surface area contributed by atoms with E-state index in [1.807, 2.05) is 23.7 Å². The number of imidazole rings is 1. The lowest BCUT2D eigenvalue weighted by atomic mass is 10.2. The van der Waals surface area contributed by atoms with Crippen molar-refractivity contribution in [3.63, 3.8) is 0 Å². The number of hydrogen-bond acceptors (Lipinski definition) is 3. The van der Waals surface area contributed by atoms with Crippen molar-refractivity contribution in [3.8, 4) is 0 Å². The van der Waals surface area contributed by atoms with Gasteiger partial charge >= 0.3 is 0 Å². The van der Waals surface area contributed by atoms with Crippen LogP contribution in [-0.2, 0) is 11.2 Å². The van der Waals surface area contributed by atoms with Crippen molar-refractivity contribution in [1.82, 2.24) is 14.4 Å². The third-order valence-electron chi connectivity index (χ3n) is 1.94. The molecule has 2 heterocycles. The Bertz CT molecular complexity index is 487. The lowest BCUT2D eigenvalue weighted by Gasteiger charge is -1.97. The van der Waals surface area contributed by atoms with Crippen LogP contribution in [0.3, 0.4) is 0 Å². The highest BCUT2D eigenvalue weighted by Crippen LogP contribution is 2.04. The van der Waals surface area contributed by atoms with Crippen molar-refractivity contribution in [1.29, 1.82) is 0 Å². The molecule has 0 saturated carbocycles. The molecule has 0 radical (unpaired) electrons. The molecule has 0 fully saturated rings. The molecule has 4 nitrogen and oxygen atoms in total. The van der Waals surface area contributed by atoms with Gasteiger partial charge in [-0.05, 0) is 19.4 Å². The first-order chi connectivity index (χ1) is 6.65. The van der Waals surface area contributed by atoms with Crippen molar-refractivity contribution >= 4 is 11.6 Å². The number of carbonyl (C=O) groups is 1. The van der Waals surface area contributed by atoms with Crippen LogP contribution in [-0.4, -0.2) is 20.2 Å². The maximum absolute atomic E-state index is 10.9. The number of aromatic nitrogens is 3. The van der Waals surface area contributed by atoms with Crippen molar-refractivity contribution in [2.24, 2.45) is 0 Å². The topological polar surface area (TPSA) is 47.3 Å². The van der Waals surface area contributed by atoms with E-state index < -0.39 is 0 Å². The number of Topliss-reactive ketones (excluding diaryl/α,β-unsaturated/α-hetero) is 1. The van der Waals surface area contributed by atoms with Crippen LogP contribution in [0, 0.1) is 6.92 Å². The molecule has 0 spiro atoms. The van der Waals surface area contributed by atoms with E-state index in [1.165, 1.54) is 0 Å². The zero-order chi connectivity index (χ0) is 10.1. The highest BCUT2D eigenvalue weighted by Gasteiger charge is 2.02. The summed E-state index contributed by atoms with van der Waals surface area (Å²) in [5.74, 6) is 0.817. The highest BCUT2D eigenvalue weighted by molar-refractivity contribution is 5.78. The fraction of sp³-hybridized carbons (Fsp3) is 0.300. The quantitative estimate of drug-likeness (QED) is 0.712. The van der Waals surface area contributed by atoms with Crippen molar-refractivity contribution in [2.75, 3.05) is 0 Å². The first kappa shape index (κ1) is 8.87. The Labute approximate surface area is 81.6 Å². The van der Waals surface area contributed by atoms with Crippen molar-refractivity contribution < 1.29 is 4.79 Å². The lowest BCUT2D eigenvalue weighted by Crippen LogP contribution is -1.99. The summed E-state index contributed by atoms with van der Waals surface area (Å²) in [4.78, 5) is 19.3. The number of hydrogen-bond donors (Lipinski definition) is 0. The van der Waals surface area contributed by atoms with Gasteiger partial charge in [0.05, 0.1) is 5.69 Å². The third kappa shape index (κ3) is 1.64. The summed E-state index contributed by atoms with van der Waals surface area (Å²) in [6.07, 6.45) is 5.92. The van der Waals surface area contributed by atoms with Gasteiger partial charge in [-0.1, -0.05) is 0 Å². The minimum atomic E-state index is 0.142. The molecule has 2 aromatic heterocycles. The van der Waals surface area contributed by atoms with Crippen LogP contribution >= 0.6 is 0 Å². The fourth-order valence-electron chi connectivity index (χ4n) is 1.43. The molecule has 2 aromatic rings. The number of aryl methyl sites for hydroxylation is 1. The van der Waals surface area contributed by atoms with Crippen molar-refractivity contribution in [3.05, 3.63) is 29.8 Å². The molecule has 0 atom stereocenters. The Kier molecular flexibility index (Phi) is 2.04. The van der Waals surface area contributed by atoms with Gasteiger partial charge in [0.1, 0.15) is 5.78 Å². The van der Waals surface area contributed by atoms with E-state index in [9.17, 15) is 4.79 Å². The molecule has 0 N–H and O–H groups in total. The molecule has 2 rings (SSSR count). The molecule has 0 unspecified atom stereocenters. The molecular formula is C10H11N3O. The number of ketones is 1. The number of fused-ring (bicyclic) bond motifs is 1. The predicted octanol–water partition coefficient (Wildman–Crippen LogP) is 1.17. The van der Waals surface area contributed by atoms with Gasteiger partial charge in [-0.3, -0.25) is 9.20 Å². The van der Waals surface area contributed by atoms with E-state index in [0.717, 1.165) is 11.3 Å². The zero-order valence-electron chi connectivity index (χ0n) is 8.19. The van der Waals surface area contributed by atoms with E-state index in [2.05, 4.69) is 9.97 Å². The Morgan fingerprint density at radius 3 is 3.00 bits per heavy atom. The summed E-state index contributed by atoms with van der Waals surface area (Å²) >= 11 is 0. The lowest BCUT2D eigenvalue weighted by molar-refractivity contribution is -0.116. The summed E-state index contributed by atoms with van der Waals surface area (Å²) in [5.41, 5.74) is 1.85. The molecule has 72 valence electrons. The second-order valence-corrected chi connectivity index (χ2v) is 3.43. The number of rotatable bonds is 2. The van der Waals surface area contributed by atoms with Gasteiger partial charge in [0.2, 0.25) is 5.78 Å². The van der Waals surface area contributed by atoms with Crippen LogP contribution in [0.15, 0.2) is 18.6 Å². The largest absolute Gasteiger partial charge is 0.300 e. The number of carbonyl (C=O) groups excluding carboxylic acids is 1. The predicted molar refractivity (Wildman–Crippen MR) is 52.1 cm³/mol. The van der Waals surface area contributed by atoms with E-state index in [4.69, 9.17) is 0 Å². The van der Waals surface area contributed by atoms with Gasteiger partial charge in [0.25, 0.3) is 0 Å². The first-order valence-corrected chi connectivity index (χ1v) is 4.45. The maximum Gasteiger partial charge on any atom is 0.233 e. The smallest absolute Gasteiger partial charge is 0.233 e. The maximum atomic E-state index is 10.9. The van der Waals surface area contributed by atoms with Crippen LogP contribution in [0.1, 0.15) is 18.2 Å². The van der Waals surface area contributed by atoms with Gasteiger partial charge in [-0.15, -0.1) is 0 Å². The van der Waals surface area contributed by atoms with Gasteiger partial charge in [0.15, 0.2) is 0 Å². The standard InChI is InChI=1S/C10H11N3O/c1-7-5-13-6-9(3-8(2)14)4-11-10(13)12-7/h4-6H,3H2,1-2H3. The van der Waals surface area contributed by atoms with Crippen LogP contribution < -0.4 is 0 Å². The van der Waals surface area contributed by atoms with Gasteiger partial charge in [-0.2, -0.15) is 0 Å². The van der Waals surface area contributed by atoms with Crippen LogP contribution in [0.25, 0.3) is 5.78 Å². The average Bonchev–Trinajstić information content (AvgIpc) is 2.42. The van der Waals surface area contributed by atoms with E-state index in [-0.39, 0.29) is 5.78 Å². The molecular weight excluding hydrogens is 178 g/mol. The molecule has 0 saturated heterocycles. The molecule has 0 bridgehead atoms. The minimum absolute atomic E-state index is 0.142. The van der Waals surface area contributed by atoms with Crippen LogP contribution in [0.2, 0.25) is 0 Å². The van der Waals surface area contributed by atoms with Crippen LogP contribution in [0.5, 0.6) is 0 Å².